The van der Waals surface area contributed by atoms with Crippen molar-refractivity contribution >= 4 is 44.8 Å². The fourth-order valence-electron chi connectivity index (χ4n) is 3.66. The SMILES string of the molecule is N#Cc1cccc(Cl)c1Oc1cc([C@H]2CC(=O)N(c3ccc(S(N)(=O)=O)cc3)C2)ccc1Cl. The van der Waals surface area contributed by atoms with Crippen LogP contribution in [0.4, 0.5) is 5.69 Å². The minimum atomic E-state index is -3.81. The van der Waals surface area contributed by atoms with Gasteiger partial charge in [-0.15, -0.1) is 0 Å². The summed E-state index contributed by atoms with van der Waals surface area (Å²) in [6, 6.07) is 18.0. The fourth-order valence-corrected chi connectivity index (χ4v) is 4.54. The molecule has 10 heteroatoms. The summed E-state index contributed by atoms with van der Waals surface area (Å²) in [5, 5.41) is 15.1. The maximum absolute atomic E-state index is 12.7. The van der Waals surface area contributed by atoms with Crippen molar-refractivity contribution in [3.63, 3.8) is 0 Å². The molecule has 0 bridgehead atoms. The van der Waals surface area contributed by atoms with E-state index in [1.165, 1.54) is 12.1 Å². The number of para-hydroxylation sites is 1. The van der Waals surface area contributed by atoms with Gasteiger partial charge >= 0.3 is 0 Å². The number of anilines is 1. The van der Waals surface area contributed by atoms with E-state index in [1.807, 2.05) is 12.1 Å². The molecule has 4 rings (SSSR count). The van der Waals surface area contributed by atoms with E-state index in [4.69, 9.17) is 33.1 Å². The topological polar surface area (TPSA) is 113 Å². The lowest BCUT2D eigenvalue weighted by Gasteiger charge is -2.18. The summed E-state index contributed by atoms with van der Waals surface area (Å²) in [5.74, 6) is 0.289. The Balaban J connectivity index is 1.59. The van der Waals surface area contributed by atoms with Crippen LogP contribution in [0.25, 0.3) is 0 Å². The van der Waals surface area contributed by atoms with Crippen molar-refractivity contribution in [2.24, 2.45) is 5.14 Å². The molecule has 0 radical (unpaired) electrons. The number of benzene rings is 3. The van der Waals surface area contributed by atoms with Crippen LogP contribution in [0, 0.1) is 11.3 Å². The van der Waals surface area contributed by atoms with Crippen molar-refractivity contribution in [1.82, 2.24) is 0 Å². The normalized spacial score (nSPS) is 16.0. The average molecular weight is 502 g/mol. The van der Waals surface area contributed by atoms with E-state index in [2.05, 4.69) is 0 Å². The van der Waals surface area contributed by atoms with Crippen LogP contribution < -0.4 is 14.8 Å². The molecule has 1 atom stereocenters. The first-order chi connectivity index (χ1) is 15.7. The first-order valence-electron chi connectivity index (χ1n) is 9.76. The Morgan fingerprint density at radius 3 is 2.45 bits per heavy atom. The van der Waals surface area contributed by atoms with Crippen LogP contribution in [0.1, 0.15) is 23.5 Å². The van der Waals surface area contributed by atoms with E-state index in [-0.39, 0.29) is 39.5 Å². The lowest BCUT2D eigenvalue weighted by atomic mass is 9.98. The molecule has 1 heterocycles. The van der Waals surface area contributed by atoms with Gasteiger partial charge in [0.2, 0.25) is 15.9 Å². The maximum atomic E-state index is 12.7. The predicted molar refractivity (Wildman–Crippen MR) is 125 cm³/mol. The number of nitrogens with two attached hydrogens (primary N) is 1. The average Bonchev–Trinajstić information content (AvgIpc) is 3.17. The van der Waals surface area contributed by atoms with E-state index in [0.29, 0.717) is 23.0 Å². The number of rotatable bonds is 5. The largest absolute Gasteiger partial charge is 0.453 e. The summed E-state index contributed by atoms with van der Waals surface area (Å²) in [5.41, 5.74) is 1.68. The van der Waals surface area contributed by atoms with Crippen molar-refractivity contribution in [2.45, 2.75) is 17.2 Å². The smallest absolute Gasteiger partial charge is 0.238 e. The highest BCUT2D eigenvalue weighted by atomic mass is 35.5. The number of sulfonamides is 1. The second-order valence-electron chi connectivity index (χ2n) is 7.46. The Hall–Kier alpha value is -3.09. The second-order valence-corrected chi connectivity index (χ2v) is 9.84. The summed E-state index contributed by atoms with van der Waals surface area (Å²) in [7, 11) is -3.81. The van der Waals surface area contributed by atoms with E-state index in [9.17, 15) is 18.5 Å². The van der Waals surface area contributed by atoms with Gasteiger partial charge in [-0.05, 0) is 54.1 Å². The van der Waals surface area contributed by atoms with Crippen LogP contribution in [0.15, 0.2) is 65.6 Å². The van der Waals surface area contributed by atoms with Gasteiger partial charge < -0.3 is 9.64 Å². The minimum Gasteiger partial charge on any atom is -0.453 e. The van der Waals surface area contributed by atoms with E-state index >= 15 is 0 Å². The number of nitriles is 1. The van der Waals surface area contributed by atoms with Crippen molar-refractivity contribution in [1.29, 1.82) is 5.26 Å². The number of ether oxygens (including phenoxy) is 1. The van der Waals surface area contributed by atoms with Crippen LogP contribution >= 0.6 is 23.2 Å². The first kappa shape index (κ1) is 23.1. The zero-order valence-corrected chi connectivity index (χ0v) is 19.4. The van der Waals surface area contributed by atoms with Crippen LogP contribution in [0.3, 0.4) is 0 Å². The number of hydrogen-bond donors (Lipinski definition) is 1. The molecule has 3 aromatic rings. The minimum absolute atomic E-state index is 0.0229. The van der Waals surface area contributed by atoms with Crippen LogP contribution in [0.5, 0.6) is 11.5 Å². The van der Waals surface area contributed by atoms with Gasteiger partial charge in [0.25, 0.3) is 0 Å². The van der Waals surface area contributed by atoms with Gasteiger partial charge in [0.15, 0.2) is 5.75 Å². The number of halogens is 2. The summed E-state index contributed by atoms with van der Waals surface area (Å²) in [6.45, 7) is 0.393. The third-order valence-corrected chi connectivity index (χ3v) is 6.87. The number of nitrogens with zero attached hydrogens (tertiary/aromatic N) is 2. The van der Waals surface area contributed by atoms with E-state index < -0.39 is 10.0 Å². The number of primary sulfonamides is 1. The van der Waals surface area contributed by atoms with Crippen molar-refractivity contribution in [3.05, 3.63) is 81.8 Å². The van der Waals surface area contributed by atoms with Crippen LogP contribution in [0.2, 0.25) is 10.0 Å². The van der Waals surface area contributed by atoms with Crippen LogP contribution in [-0.2, 0) is 14.8 Å². The van der Waals surface area contributed by atoms with Gasteiger partial charge in [-0.3, -0.25) is 4.79 Å². The molecule has 7 nitrogen and oxygen atoms in total. The third kappa shape index (κ3) is 4.82. The van der Waals surface area contributed by atoms with Crippen molar-refractivity contribution in [3.8, 4) is 17.6 Å². The quantitative estimate of drug-likeness (QED) is 0.537. The van der Waals surface area contributed by atoms with Gasteiger partial charge in [0.1, 0.15) is 11.8 Å². The highest BCUT2D eigenvalue weighted by molar-refractivity contribution is 7.89. The van der Waals surface area contributed by atoms with E-state index in [1.54, 1.807) is 47.4 Å². The molecular formula is C23H17Cl2N3O4S. The predicted octanol–water partition coefficient (Wildman–Crippen LogP) is 4.83. The number of carbonyl (C=O) groups is 1. The molecule has 0 saturated carbocycles. The van der Waals surface area contributed by atoms with Crippen molar-refractivity contribution in [2.75, 3.05) is 11.4 Å². The molecule has 0 aliphatic carbocycles. The molecule has 1 fully saturated rings. The highest BCUT2D eigenvalue weighted by Crippen LogP contribution is 2.39. The Kier molecular flexibility index (Phi) is 6.32. The molecule has 33 heavy (non-hydrogen) atoms. The van der Waals surface area contributed by atoms with Gasteiger partial charge in [-0.25, -0.2) is 13.6 Å². The zero-order valence-electron chi connectivity index (χ0n) is 17.0. The summed E-state index contributed by atoms with van der Waals surface area (Å²) in [6.07, 6.45) is 0.257. The molecule has 3 aromatic carbocycles. The fraction of sp³-hybridized carbons (Fsp3) is 0.130. The second kappa shape index (κ2) is 9.04. The zero-order chi connectivity index (χ0) is 23.8. The van der Waals surface area contributed by atoms with Gasteiger partial charge in [0.05, 0.1) is 20.5 Å². The molecule has 0 aromatic heterocycles. The standard InChI is InChI=1S/C23H17Cl2N3O4S/c24-19-9-4-14(10-21(19)32-23-15(12-26)2-1-3-20(23)25)16-11-22(29)28(13-16)17-5-7-18(8-6-17)33(27,30)31/h1-10,16H,11,13H2,(H2,27,30,31)/t16-/m0/s1. The number of hydrogen-bond acceptors (Lipinski definition) is 5. The molecule has 168 valence electrons. The summed E-state index contributed by atoms with van der Waals surface area (Å²) in [4.78, 5) is 14.3. The first-order valence-corrected chi connectivity index (χ1v) is 12.1. The third-order valence-electron chi connectivity index (χ3n) is 5.33. The summed E-state index contributed by atoms with van der Waals surface area (Å²) >= 11 is 12.5. The maximum Gasteiger partial charge on any atom is 0.238 e. The summed E-state index contributed by atoms with van der Waals surface area (Å²) < 4.78 is 28.8. The van der Waals surface area contributed by atoms with Crippen LogP contribution in [-0.4, -0.2) is 20.9 Å². The van der Waals surface area contributed by atoms with Gasteiger partial charge in [-0.2, -0.15) is 5.26 Å². The number of amides is 1. The lowest BCUT2D eigenvalue weighted by Crippen LogP contribution is -2.24. The molecule has 1 aliphatic rings. The molecule has 1 aliphatic heterocycles. The molecule has 2 N–H and O–H groups in total. The Morgan fingerprint density at radius 1 is 1.06 bits per heavy atom. The Labute approximate surface area is 200 Å². The molecule has 0 spiro atoms. The Bertz CT molecular complexity index is 1390. The highest BCUT2D eigenvalue weighted by Gasteiger charge is 2.32. The van der Waals surface area contributed by atoms with Gasteiger partial charge in [-0.1, -0.05) is 35.3 Å². The molecular weight excluding hydrogens is 485 g/mol. The number of carbonyl (C=O) groups excluding carboxylic acids is 1. The van der Waals surface area contributed by atoms with Crippen molar-refractivity contribution < 1.29 is 17.9 Å². The monoisotopic (exact) mass is 501 g/mol. The molecule has 1 amide bonds. The molecule has 0 unspecified atom stereocenters. The van der Waals surface area contributed by atoms with Gasteiger partial charge in [0, 0.05) is 24.6 Å². The lowest BCUT2D eigenvalue weighted by molar-refractivity contribution is -0.117. The Morgan fingerprint density at radius 2 is 1.79 bits per heavy atom. The van der Waals surface area contributed by atoms with E-state index in [0.717, 1.165) is 5.56 Å². The molecule has 1 saturated heterocycles.